The number of carbonyl (C=O) groups is 2. The van der Waals surface area contributed by atoms with Crippen molar-refractivity contribution in [3.05, 3.63) is 23.8 Å². The number of hydrogen-bond acceptors (Lipinski definition) is 2. The van der Waals surface area contributed by atoms with Crippen LogP contribution in [-0.2, 0) is 9.59 Å². The van der Waals surface area contributed by atoms with Crippen molar-refractivity contribution in [2.45, 2.75) is 0 Å². The highest BCUT2D eigenvalue weighted by Gasteiger charge is 1.88. The first-order valence-electron chi connectivity index (χ1n) is 2.93. The molecule has 0 bridgehead atoms. The maximum absolute atomic E-state index is 9.55. The van der Waals surface area contributed by atoms with Crippen LogP contribution < -0.4 is 0 Å². The molecule has 0 heterocycles. The van der Waals surface area contributed by atoms with Crippen LogP contribution in [0.4, 0.5) is 0 Å². The van der Waals surface area contributed by atoms with Crippen LogP contribution in [0.1, 0.15) is 0 Å². The molecule has 0 saturated heterocycles. The van der Waals surface area contributed by atoms with Crippen molar-refractivity contribution in [3.8, 4) is 0 Å². The van der Waals surface area contributed by atoms with E-state index in [4.69, 9.17) is 33.4 Å². The quantitative estimate of drug-likeness (QED) is 0.568. The normalized spacial score (nSPS) is 8.77. The van der Waals surface area contributed by atoms with Gasteiger partial charge < -0.3 is 10.2 Å². The van der Waals surface area contributed by atoms with Crippen LogP contribution in [0.5, 0.6) is 0 Å². The molecule has 0 aromatic carbocycles. The van der Waals surface area contributed by atoms with Crippen molar-refractivity contribution in [1.29, 1.82) is 0 Å². The zero-order chi connectivity index (χ0) is 10.9. The molecule has 0 unspecified atom stereocenters. The van der Waals surface area contributed by atoms with Gasteiger partial charge in [-0.3, -0.25) is 0 Å². The number of carboxylic acid groups (broad SMARTS) is 2. The van der Waals surface area contributed by atoms with Crippen molar-refractivity contribution >= 4 is 35.1 Å². The molecule has 0 atom stereocenters. The van der Waals surface area contributed by atoms with Gasteiger partial charge in [-0.15, -0.1) is 11.6 Å². The zero-order valence-corrected chi connectivity index (χ0v) is 8.05. The molecule has 13 heavy (non-hydrogen) atoms. The summed E-state index contributed by atoms with van der Waals surface area (Å²) in [4.78, 5) is 19.1. The van der Waals surface area contributed by atoms with Gasteiger partial charge in [0.25, 0.3) is 0 Å². The standard InChI is InChI=1S/C4H4O4.C3H4Cl2/c5-3(6)1-2-4(7)8;1-3(5)2-4/h1-2H,(H,5,6)(H,7,8);1-2H2/b2-1-;. The van der Waals surface area contributed by atoms with E-state index in [1.165, 1.54) is 0 Å². The molecule has 6 heteroatoms. The maximum Gasteiger partial charge on any atom is 0.328 e. The Morgan fingerprint density at radius 2 is 1.46 bits per heavy atom. The van der Waals surface area contributed by atoms with Crippen LogP contribution in [0.3, 0.4) is 0 Å². The van der Waals surface area contributed by atoms with E-state index in [-0.39, 0.29) is 0 Å². The molecule has 0 aromatic rings. The van der Waals surface area contributed by atoms with Crippen LogP contribution in [0.25, 0.3) is 0 Å². The van der Waals surface area contributed by atoms with Gasteiger partial charge in [0, 0.05) is 17.2 Å². The Morgan fingerprint density at radius 1 is 1.23 bits per heavy atom. The Bertz CT molecular complexity index is 207. The summed E-state index contributed by atoms with van der Waals surface area (Å²) in [6.07, 6.45) is 1.12. The lowest BCUT2D eigenvalue weighted by atomic mass is 10.5. The molecule has 0 aliphatic heterocycles. The van der Waals surface area contributed by atoms with Crippen LogP contribution in [0, 0.1) is 0 Å². The van der Waals surface area contributed by atoms with Gasteiger partial charge in [-0.1, -0.05) is 18.2 Å². The van der Waals surface area contributed by atoms with E-state index >= 15 is 0 Å². The van der Waals surface area contributed by atoms with E-state index in [9.17, 15) is 9.59 Å². The Morgan fingerprint density at radius 3 is 1.54 bits per heavy atom. The molecule has 0 aliphatic rings. The summed E-state index contributed by atoms with van der Waals surface area (Å²) in [5.74, 6) is -2.17. The number of halogens is 2. The van der Waals surface area contributed by atoms with E-state index in [1.807, 2.05) is 0 Å². The molecule has 0 saturated carbocycles. The molecule has 74 valence electrons. The number of alkyl halides is 1. The number of aliphatic carboxylic acids is 2. The van der Waals surface area contributed by atoms with Crippen LogP contribution in [-0.4, -0.2) is 28.0 Å². The largest absolute Gasteiger partial charge is 0.478 e. The molecule has 0 fully saturated rings. The lowest BCUT2D eigenvalue weighted by Crippen LogP contribution is -1.91. The second-order valence-corrected chi connectivity index (χ2v) is 2.46. The predicted octanol–water partition coefficient (Wildman–Crippen LogP) is 1.69. The van der Waals surface area contributed by atoms with E-state index in [2.05, 4.69) is 6.58 Å². The molecule has 0 spiro atoms. The van der Waals surface area contributed by atoms with E-state index < -0.39 is 11.9 Å². The maximum atomic E-state index is 9.55. The van der Waals surface area contributed by atoms with Crippen molar-refractivity contribution in [3.63, 3.8) is 0 Å². The minimum Gasteiger partial charge on any atom is -0.478 e. The third-order valence-electron chi connectivity index (χ3n) is 0.513. The first-order valence-corrected chi connectivity index (χ1v) is 3.84. The van der Waals surface area contributed by atoms with E-state index in [1.54, 1.807) is 0 Å². The highest BCUT2D eigenvalue weighted by molar-refractivity contribution is 6.35. The fourth-order valence-electron chi connectivity index (χ4n) is 0.143. The average molecular weight is 227 g/mol. The number of rotatable bonds is 3. The summed E-state index contributed by atoms with van der Waals surface area (Å²) in [7, 11) is 0. The van der Waals surface area contributed by atoms with Crippen LogP contribution in [0.15, 0.2) is 23.8 Å². The summed E-state index contributed by atoms with van der Waals surface area (Å²) in [5.41, 5.74) is 0. The molecule has 0 aromatic heterocycles. The SMILES string of the molecule is C=C(Cl)CCl.O=C(O)/C=C\C(=O)O. The van der Waals surface area contributed by atoms with Crippen molar-refractivity contribution in [1.82, 2.24) is 0 Å². The van der Waals surface area contributed by atoms with Gasteiger partial charge in [0.15, 0.2) is 0 Å². The van der Waals surface area contributed by atoms with E-state index in [0.717, 1.165) is 0 Å². The fraction of sp³-hybridized carbons (Fsp3) is 0.143. The van der Waals surface area contributed by atoms with Crippen LogP contribution in [0.2, 0.25) is 0 Å². The van der Waals surface area contributed by atoms with Crippen molar-refractivity contribution in [2.75, 3.05) is 5.88 Å². The number of carboxylic acids is 2. The van der Waals surface area contributed by atoms with Gasteiger partial charge in [-0.25, -0.2) is 9.59 Å². The van der Waals surface area contributed by atoms with Crippen molar-refractivity contribution in [2.24, 2.45) is 0 Å². The van der Waals surface area contributed by atoms with Gasteiger partial charge in [-0.05, 0) is 0 Å². The first kappa shape index (κ1) is 14.5. The second kappa shape index (κ2) is 9.09. The monoisotopic (exact) mass is 226 g/mol. The first-order chi connectivity index (χ1) is 5.90. The summed E-state index contributed by atoms with van der Waals surface area (Å²) in [6.45, 7) is 3.31. The number of hydrogen-bond donors (Lipinski definition) is 2. The minimum atomic E-state index is -1.26. The Hall–Kier alpha value is -1.00. The highest BCUT2D eigenvalue weighted by Crippen LogP contribution is 1.96. The van der Waals surface area contributed by atoms with Gasteiger partial charge in [0.05, 0.1) is 5.88 Å². The molecule has 4 nitrogen and oxygen atoms in total. The molecular formula is C7H8Cl2O4. The zero-order valence-electron chi connectivity index (χ0n) is 6.54. The fourth-order valence-corrected chi connectivity index (χ4v) is 0.143. The molecule has 2 N–H and O–H groups in total. The predicted molar refractivity (Wildman–Crippen MR) is 50.1 cm³/mol. The number of allylic oxidation sites excluding steroid dienone is 1. The molecule has 0 amide bonds. The lowest BCUT2D eigenvalue weighted by Gasteiger charge is -1.74. The molecule has 0 aliphatic carbocycles. The average Bonchev–Trinajstić information content (AvgIpc) is 2.02. The van der Waals surface area contributed by atoms with Gasteiger partial charge in [0.2, 0.25) is 0 Å². The summed E-state index contributed by atoms with van der Waals surface area (Å²) in [5, 5.41) is 16.1. The highest BCUT2D eigenvalue weighted by atomic mass is 35.5. The Labute approximate surface area is 85.1 Å². The van der Waals surface area contributed by atoms with Crippen LogP contribution >= 0.6 is 23.2 Å². The Kier molecular flexibility index (Phi) is 10.2. The summed E-state index contributed by atoms with van der Waals surface area (Å²) in [6, 6.07) is 0. The lowest BCUT2D eigenvalue weighted by molar-refractivity contribution is -0.134. The summed E-state index contributed by atoms with van der Waals surface area (Å²) >= 11 is 10.2. The molecule has 0 radical (unpaired) electrons. The van der Waals surface area contributed by atoms with Gasteiger partial charge in [-0.2, -0.15) is 0 Å². The van der Waals surface area contributed by atoms with Crippen molar-refractivity contribution < 1.29 is 19.8 Å². The smallest absolute Gasteiger partial charge is 0.328 e. The third-order valence-corrected chi connectivity index (χ3v) is 1.11. The third kappa shape index (κ3) is 24.8. The molecular weight excluding hydrogens is 219 g/mol. The molecule has 0 rings (SSSR count). The minimum absolute atomic E-state index is 0.349. The van der Waals surface area contributed by atoms with E-state index in [0.29, 0.717) is 23.1 Å². The Balaban J connectivity index is 0. The van der Waals surface area contributed by atoms with Gasteiger partial charge in [0.1, 0.15) is 0 Å². The second-order valence-electron chi connectivity index (χ2n) is 1.66. The van der Waals surface area contributed by atoms with Gasteiger partial charge >= 0.3 is 11.9 Å². The summed E-state index contributed by atoms with van der Waals surface area (Å²) < 4.78 is 0. The topological polar surface area (TPSA) is 74.6 Å².